The summed E-state index contributed by atoms with van der Waals surface area (Å²) in [5.41, 5.74) is 0.0865. The fourth-order valence-corrected chi connectivity index (χ4v) is 5.68. The Morgan fingerprint density at radius 2 is 1.74 bits per heavy atom. The molecule has 2 saturated heterocycles. The molecule has 2 aromatic rings. The van der Waals surface area contributed by atoms with Gasteiger partial charge in [-0.1, -0.05) is 6.07 Å². The Hall–Kier alpha value is -3.86. The molecule has 5 amide bonds. The summed E-state index contributed by atoms with van der Waals surface area (Å²) in [6.45, 7) is 2.72. The lowest BCUT2D eigenvalue weighted by Crippen LogP contribution is -2.56. The van der Waals surface area contributed by atoms with E-state index in [1.807, 2.05) is 0 Å². The number of aliphatic hydroxyl groups excluding tert-OH is 1. The summed E-state index contributed by atoms with van der Waals surface area (Å²) < 4.78 is 27.9. The average molecular weight is 527 g/mol. The fraction of sp³-hybridized carbons (Fsp3) is 0.407. The largest absolute Gasteiger partial charge is 0.392 e. The number of nitrogens with zero attached hydrogens (tertiary/aromatic N) is 2. The van der Waals surface area contributed by atoms with Gasteiger partial charge in [-0.3, -0.25) is 19.7 Å². The molecule has 3 atom stereocenters. The number of benzene rings is 2. The summed E-state index contributed by atoms with van der Waals surface area (Å²) in [5.74, 6) is -3.06. The van der Waals surface area contributed by atoms with Crippen molar-refractivity contribution >= 4 is 29.4 Å². The van der Waals surface area contributed by atoms with Crippen LogP contribution >= 0.6 is 0 Å². The predicted octanol–water partition coefficient (Wildman–Crippen LogP) is 2.28. The van der Waals surface area contributed by atoms with Crippen LogP contribution in [0.25, 0.3) is 0 Å². The number of carbonyl (C=O) groups excluding carboxylic acids is 4. The zero-order valence-electron chi connectivity index (χ0n) is 21.2. The van der Waals surface area contributed by atoms with Gasteiger partial charge in [0.1, 0.15) is 23.7 Å². The molecule has 11 heteroatoms. The van der Waals surface area contributed by atoms with Gasteiger partial charge in [-0.05, 0) is 61.2 Å². The van der Waals surface area contributed by atoms with Crippen LogP contribution in [0.3, 0.4) is 0 Å². The maximum atomic E-state index is 14.0. The van der Waals surface area contributed by atoms with Gasteiger partial charge < -0.3 is 20.2 Å². The van der Waals surface area contributed by atoms with E-state index in [0.717, 1.165) is 23.3 Å². The molecule has 2 aliphatic heterocycles. The maximum absolute atomic E-state index is 14.0. The Morgan fingerprint density at radius 1 is 1.08 bits per heavy atom. The van der Waals surface area contributed by atoms with Crippen LogP contribution in [0.5, 0.6) is 0 Å². The van der Waals surface area contributed by atoms with E-state index in [1.165, 1.54) is 9.80 Å². The number of hydrogen-bond acceptors (Lipinski definition) is 5. The molecule has 0 bridgehead atoms. The number of aliphatic hydroxyl groups is 1. The third-order valence-corrected chi connectivity index (χ3v) is 8.10. The van der Waals surface area contributed by atoms with Gasteiger partial charge in [0, 0.05) is 31.6 Å². The van der Waals surface area contributed by atoms with E-state index in [-0.39, 0.29) is 17.9 Å². The molecule has 2 fully saturated rings. The number of nitrogens with one attached hydrogen (secondary N) is 2. The van der Waals surface area contributed by atoms with Crippen molar-refractivity contribution in [1.82, 2.24) is 15.1 Å². The van der Waals surface area contributed by atoms with Crippen molar-refractivity contribution in [3.8, 4) is 0 Å². The number of rotatable bonds is 4. The second-order valence-corrected chi connectivity index (χ2v) is 10.9. The van der Waals surface area contributed by atoms with Gasteiger partial charge in [-0.15, -0.1) is 0 Å². The molecular weight excluding hydrogens is 498 g/mol. The van der Waals surface area contributed by atoms with Crippen LogP contribution in [-0.4, -0.2) is 63.9 Å². The molecule has 0 saturated carbocycles. The van der Waals surface area contributed by atoms with E-state index in [1.54, 1.807) is 39.1 Å². The minimum atomic E-state index is -1.20. The number of likely N-dealkylation sites (tertiary alicyclic amines) is 1. The van der Waals surface area contributed by atoms with Crippen molar-refractivity contribution in [3.05, 3.63) is 64.7 Å². The topological polar surface area (TPSA) is 119 Å². The van der Waals surface area contributed by atoms with Gasteiger partial charge in [0.2, 0.25) is 11.8 Å². The first-order valence-electron chi connectivity index (χ1n) is 12.3. The number of fused-ring (bicyclic) bond motifs is 1. The molecule has 1 spiro atoms. The molecule has 38 heavy (non-hydrogen) atoms. The Morgan fingerprint density at radius 3 is 2.37 bits per heavy atom. The van der Waals surface area contributed by atoms with E-state index in [9.17, 15) is 33.1 Å². The molecule has 0 radical (unpaired) electrons. The van der Waals surface area contributed by atoms with E-state index in [0.29, 0.717) is 24.6 Å². The average Bonchev–Trinajstić information content (AvgIpc) is 3.31. The standard InChI is InChI=1S/C27H28F2N4O5/c1-26(2)21(34)10-20(15-6-17(28)9-18(29)7-15)33(24(26)37)13-22(35)30-19-5-4-14-11-27(12-16(14)8-19)23(36)31-25(38)32(27)3/h4-9,20-21,34H,10-13H2,1-3H3,(H,30,35)(H,31,36,38)/t20-,21-,27-/m0/s1. The fourth-order valence-electron chi connectivity index (χ4n) is 5.68. The van der Waals surface area contributed by atoms with Crippen molar-refractivity contribution in [3.63, 3.8) is 0 Å². The lowest BCUT2D eigenvalue weighted by atomic mass is 9.76. The molecule has 200 valence electrons. The summed E-state index contributed by atoms with van der Waals surface area (Å²) in [6.07, 6.45) is -0.419. The van der Waals surface area contributed by atoms with E-state index in [2.05, 4.69) is 10.6 Å². The molecule has 5 rings (SSSR count). The van der Waals surface area contributed by atoms with Crippen LogP contribution in [-0.2, 0) is 27.2 Å². The van der Waals surface area contributed by atoms with Crippen LogP contribution in [0.15, 0.2) is 36.4 Å². The zero-order valence-corrected chi connectivity index (χ0v) is 21.2. The number of halogens is 2. The number of amides is 5. The molecule has 0 aromatic heterocycles. The molecule has 0 unspecified atom stereocenters. The number of hydrogen-bond donors (Lipinski definition) is 3. The van der Waals surface area contributed by atoms with E-state index >= 15 is 0 Å². The quantitative estimate of drug-likeness (QED) is 0.529. The van der Waals surface area contributed by atoms with Gasteiger partial charge in [0.15, 0.2) is 0 Å². The first-order chi connectivity index (χ1) is 17.8. The first-order valence-corrected chi connectivity index (χ1v) is 12.3. The highest BCUT2D eigenvalue weighted by Crippen LogP contribution is 2.41. The predicted molar refractivity (Wildman–Crippen MR) is 132 cm³/mol. The van der Waals surface area contributed by atoms with Gasteiger partial charge >= 0.3 is 6.03 Å². The summed E-state index contributed by atoms with van der Waals surface area (Å²) in [6, 6.07) is 6.73. The third-order valence-electron chi connectivity index (χ3n) is 8.10. The summed E-state index contributed by atoms with van der Waals surface area (Å²) in [7, 11) is 1.57. The Bertz CT molecular complexity index is 1360. The van der Waals surface area contributed by atoms with Crippen LogP contribution in [0.4, 0.5) is 19.3 Å². The first kappa shape index (κ1) is 25.8. The number of piperidine rings is 1. The highest BCUT2D eigenvalue weighted by molar-refractivity contribution is 6.07. The van der Waals surface area contributed by atoms with E-state index in [4.69, 9.17) is 0 Å². The second-order valence-electron chi connectivity index (χ2n) is 10.9. The van der Waals surface area contributed by atoms with Crippen molar-refractivity contribution in [1.29, 1.82) is 0 Å². The summed E-state index contributed by atoms with van der Waals surface area (Å²) >= 11 is 0. The van der Waals surface area contributed by atoms with Gasteiger partial charge in [-0.2, -0.15) is 0 Å². The lowest BCUT2D eigenvalue weighted by molar-refractivity contribution is -0.160. The molecule has 2 heterocycles. The second kappa shape index (κ2) is 8.87. The van der Waals surface area contributed by atoms with Gasteiger partial charge in [0.05, 0.1) is 17.6 Å². The normalized spacial score (nSPS) is 26.1. The number of carbonyl (C=O) groups is 4. The number of likely N-dealkylation sites (N-methyl/N-ethyl adjacent to an activating group) is 1. The minimum Gasteiger partial charge on any atom is -0.392 e. The smallest absolute Gasteiger partial charge is 0.324 e. The minimum absolute atomic E-state index is 0.00411. The molecule has 3 aliphatic rings. The molecule has 1 aliphatic carbocycles. The van der Waals surface area contributed by atoms with Crippen LogP contribution in [0.2, 0.25) is 0 Å². The zero-order chi connectivity index (χ0) is 27.6. The lowest BCUT2D eigenvalue weighted by Gasteiger charge is -2.45. The number of anilines is 1. The van der Waals surface area contributed by atoms with Crippen molar-refractivity contribution in [2.75, 3.05) is 18.9 Å². The highest BCUT2D eigenvalue weighted by Gasteiger charge is 2.54. The van der Waals surface area contributed by atoms with E-state index < -0.39 is 59.1 Å². The highest BCUT2D eigenvalue weighted by atomic mass is 19.1. The van der Waals surface area contributed by atoms with Gasteiger partial charge in [0.25, 0.3) is 5.91 Å². The maximum Gasteiger partial charge on any atom is 0.324 e. The number of urea groups is 1. The number of imide groups is 1. The Balaban J connectivity index is 1.36. The van der Waals surface area contributed by atoms with Crippen molar-refractivity contribution < 1.29 is 33.1 Å². The summed E-state index contributed by atoms with van der Waals surface area (Å²) in [5, 5.41) is 15.7. The Labute approximate surface area is 217 Å². The molecule has 3 N–H and O–H groups in total. The Kier molecular flexibility index (Phi) is 6.01. The monoisotopic (exact) mass is 526 g/mol. The van der Waals surface area contributed by atoms with Crippen LogP contribution in [0, 0.1) is 17.0 Å². The third kappa shape index (κ3) is 4.10. The SMILES string of the molecule is CN1C(=O)NC(=O)[C@@]12Cc1ccc(NC(=O)CN3C(=O)C(C)(C)[C@@H](O)C[C@H]3c3cc(F)cc(F)c3)cc1C2. The molecule has 2 aromatic carbocycles. The van der Waals surface area contributed by atoms with Gasteiger partial charge in [-0.25, -0.2) is 13.6 Å². The van der Waals surface area contributed by atoms with Crippen molar-refractivity contribution in [2.24, 2.45) is 5.41 Å². The molecule has 9 nitrogen and oxygen atoms in total. The van der Waals surface area contributed by atoms with Crippen LogP contribution in [0.1, 0.15) is 43.0 Å². The van der Waals surface area contributed by atoms with Crippen molar-refractivity contribution in [2.45, 2.75) is 50.8 Å². The molecular formula is C27H28F2N4O5. The van der Waals surface area contributed by atoms with Crippen LogP contribution < -0.4 is 10.6 Å². The summed E-state index contributed by atoms with van der Waals surface area (Å²) in [4.78, 5) is 53.6.